The van der Waals surface area contributed by atoms with E-state index >= 15 is 0 Å². The Morgan fingerprint density at radius 1 is 1.38 bits per heavy atom. The minimum absolute atomic E-state index is 0.122. The summed E-state index contributed by atoms with van der Waals surface area (Å²) in [5.41, 5.74) is 3.09. The monoisotopic (exact) mass is 354 g/mol. The number of piperidine rings is 1. The van der Waals surface area contributed by atoms with E-state index in [4.69, 9.17) is 4.74 Å². The number of methoxy groups -OCH3 is 1. The molecule has 5 nitrogen and oxygen atoms in total. The molecule has 4 fully saturated rings. The van der Waals surface area contributed by atoms with Crippen LogP contribution in [0.2, 0.25) is 0 Å². The van der Waals surface area contributed by atoms with Gasteiger partial charge in [0.15, 0.2) is 0 Å². The summed E-state index contributed by atoms with van der Waals surface area (Å²) in [5, 5.41) is 13.7. The Morgan fingerprint density at radius 3 is 3.08 bits per heavy atom. The summed E-state index contributed by atoms with van der Waals surface area (Å²) in [4.78, 5) is 13.9. The van der Waals surface area contributed by atoms with Gasteiger partial charge in [0, 0.05) is 29.5 Å². The van der Waals surface area contributed by atoms with Crippen molar-refractivity contribution in [3.63, 3.8) is 0 Å². The molecular formula is C21H26N2O3. The van der Waals surface area contributed by atoms with E-state index in [0.29, 0.717) is 24.4 Å². The Labute approximate surface area is 153 Å². The molecule has 0 unspecified atom stereocenters. The molecule has 6 rings (SSSR count). The SMILES string of the molecule is COc1ccc2c(c1)[C@]13CCN(C(=O)O)[C@H](C2)[C@]12CC[C@H]1NC[C@@H](C2)[C@H]13. The number of rotatable bonds is 1. The number of amides is 1. The molecule has 0 spiro atoms. The molecule has 2 aliphatic heterocycles. The Hall–Kier alpha value is -1.75. The number of hydrogen-bond donors (Lipinski definition) is 2. The number of carbonyl (C=O) groups is 1. The fourth-order valence-electron chi connectivity index (χ4n) is 8.20. The van der Waals surface area contributed by atoms with Crippen LogP contribution in [0.1, 0.15) is 36.8 Å². The van der Waals surface area contributed by atoms with Gasteiger partial charge in [-0.2, -0.15) is 0 Å². The topological polar surface area (TPSA) is 61.8 Å². The highest BCUT2D eigenvalue weighted by molar-refractivity contribution is 5.67. The van der Waals surface area contributed by atoms with Crippen LogP contribution >= 0.6 is 0 Å². The van der Waals surface area contributed by atoms with Crippen LogP contribution in [0.4, 0.5) is 4.79 Å². The molecular weight excluding hydrogens is 328 g/mol. The fourth-order valence-corrected chi connectivity index (χ4v) is 8.20. The predicted molar refractivity (Wildman–Crippen MR) is 96.6 cm³/mol. The summed E-state index contributed by atoms with van der Waals surface area (Å²) >= 11 is 0. The standard InChI is InChI=1S/C21H26N2O3/c1-26-14-3-2-12-8-17-20-5-4-16-18(13(10-20)11-22-16)21(20,15(12)9-14)6-7-23(17)19(24)25/h2-3,9,13,16-18,22H,4-8,10-11H2,1H3,(H,24,25)/t13-,16-,17-,18-,20-,21+/m1/s1. The molecule has 1 aromatic carbocycles. The third kappa shape index (κ3) is 1.49. The van der Waals surface area contributed by atoms with Gasteiger partial charge in [0.25, 0.3) is 0 Å². The molecule has 2 N–H and O–H groups in total. The molecule has 2 saturated heterocycles. The number of nitrogens with one attached hydrogen (secondary N) is 1. The van der Waals surface area contributed by atoms with Crippen LogP contribution < -0.4 is 10.1 Å². The van der Waals surface area contributed by atoms with E-state index in [0.717, 1.165) is 31.6 Å². The van der Waals surface area contributed by atoms with Gasteiger partial charge in [0.1, 0.15) is 5.75 Å². The molecule has 0 radical (unpaired) electrons. The minimum atomic E-state index is -0.729. The summed E-state index contributed by atoms with van der Waals surface area (Å²) < 4.78 is 5.59. The fraction of sp³-hybridized carbons (Fsp3) is 0.667. The molecule has 2 saturated carbocycles. The maximum atomic E-state index is 12.1. The Bertz CT molecular complexity index is 810. The summed E-state index contributed by atoms with van der Waals surface area (Å²) in [6.45, 7) is 1.78. The maximum absolute atomic E-state index is 12.1. The second-order valence-corrected chi connectivity index (χ2v) is 9.14. The number of likely N-dealkylation sites (tertiary alicyclic amines) is 1. The van der Waals surface area contributed by atoms with Crippen LogP contribution in [0.5, 0.6) is 5.75 Å². The van der Waals surface area contributed by atoms with Crippen molar-refractivity contribution in [2.24, 2.45) is 17.3 Å². The quantitative estimate of drug-likeness (QED) is 0.814. The molecule has 2 heterocycles. The normalized spacial score (nSPS) is 44.4. The number of fused-ring (bicyclic) bond motifs is 1. The van der Waals surface area contributed by atoms with Crippen molar-refractivity contribution >= 4 is 6.09 Å². The lowest BCUT2D eigenvalue weighted by molar-refractivity contribution is -0.0823. The first-order chi connectivity index (χ1) is 12.6. The lowest BCUT2D eigenvalue weighted by Crippen LogP contribution is -2.70. The van der Waals surface area contributed by atoms with E-state index in [1.54, 1.807) is 12.0 Å². The molecule has 138 valence electrons. The summed E-state index contributed by atoms with van der Waals surface area (Å²) in [7, 11) is 1.74. The van der Waals surface area contributed by atoms with Crippen molar-refractivity contribution in [1.82, 2.24) is 10.2 Å². The molecule has 5 aliphatic rings. The molecule has 4 bridgehead atoms. The highest BCUT2D eigenvalue weighted by Crippen LogP contribution is 2.74. The smallest absolute Gasteiger partial charge is 0.407 e. The molecule has 5 heteroatoms. The van der Waals surface area contributed by atoms with Crippen molar-refractivity contribution in [3.8, 4) is 5.75 Å². The zero-order valence-electron chi connectivity index (χ0n) is 15.2. The van der Waals surface area contributed by atoms with Crippen LogP contribution in [0.3, 0.4) is 0 Å². The first-order valence-corrected chi connectivity index (χ1v) is 10.0. The predicted octanol–water partition coefficient (Wildman–Crippen LogP) is 2.63. The van der Waals surface area contributed by atoms with E-state index in [-0.39, 0.29) is 16.9 Å². The van der Waals surface area contributed by atoms with Crippen LogP contribution in [-0.2, 0) is 11.8 Å². The van der Waals surface area contributed by atoms with E-state index < -0.39 is 6.09 Å². The van der Waals surface area contributed by atoms with Gasteiger partial charge in [0.05, 0.1) is 7.11 Å². The second-order valence-electron chi connectivity index (χ2n) is 9.14. The van der Waals surface area contributed by atoms with Gasteiger partial charge in [-0.15, -0.1) is 0 Å². The number of nitrogens with zero attached hydrogens (tertiary/aromatic N) is 1. The molecule has 1 aromatic rings. The van der Waals surface area contributed by atoms with Crippen molar-refractivity contribution in [3.05, 3.63) is 29.3 Å². The highest BCUT2D eigenvalue weighted by Gasteiger charge is 2.75. The van der Waals surface area contributed by atoms with Crippen molar-refractivity contribution in [1.29, 1.82) is 0 Å². The van der Waals surface area contributed by atoms with E-state index in [1.807, 2.05) is 6.07 Å². The third-order valence-electron chi connectivity index (χ3n) is 8.79. The largest absolute Gasteiger partial charge is 0.497 e. The Morgan fingerprint density at radius 2 is 2.27 bits per heavy atom. The molecule has 1 amide bonds. The summed E-state index contributed by atoms with van der Waals surface area (Å²) in [6.07, 6.45) is 4.65. The van der Waals surface area contributed by atoms with Gasteiger partial charge in [0.2, 0.25) is 0 Å². The van der Waals surface area contributed by atoms with E-state index in [9.17, 15) is 9.90 Å². The maximum Gasteiger partial charge on any atom is 0.407 e. The molecule has 26 heavy (non-hydrogen) atoms. The Balaban J connectivity index is 1.63. The number of ether oxygens (including phenoxy) is 1. The highest BCUT2D eigenvalue weighted by atomic mass is 16.5. The van der Waals surface area contributed by atoms with E-state index in [1.165, 1.54) is 24.0 Å². The van der Waals surface area contributed by atoms with Gasteiger partial charge < -0.3 is 20.1 Å². The number of carboxylic acid groups (broad SMARTS) is 1. The first kappa shape index (κ1) is 15.3. The molecule has 6 atom stereocenters. The number of hydrogen-bond acceptors (Lipinski definition) is 3. The van der Waals surface area contributed by atoms with Crippen LogP contribution in [0, 0.1) is 17.3 Å². The van der Waals surface area contributed by atoms with Crippen LogP contribution in [0.15, 0.2) is 18.2 Å². The summed E-state index contributed by atoms with van der Waals surface area (Å²) in [5.74, 6) is 2.29. The van der Waals surface area contributed by atoms with Crippen LogP contribution in [-0.4, -0.2) is 48.4 Å². The van der Waals surface area contributed by atoms with Crippen LogP contribution in [0.25, 0.3) is 0 Å². The molecule has 3 aliphatic carbocycles. The van der Waals surface area contributed by atoms with Crippen molar-refractivity contribution in [2.45, 2.75) is 49.6 Å². The van der Waals surface area contributed by atoms with Gasteiger partial charge in [-0.05, 0) is 73.7 Å². The zero-order chi connectivity index (χ0) is 17.7. The lowest BCUT2D eigenvalue weighted by atomic mass is 9.44. The van der Waals surface area contributed by atoms with Gasteiger partial charge in [-0.3, -0.25) is 0 Å². The van der Waals surface area contributed by atoms with Gasteiger partial charge in [-0.25, -0.2) is 4.79 Å². The number of benzene rings is 1. The zero-order valence-corrected chi connectivity index (χ0v) is 15.2. The average molecular weight is 354 g/mol. The average Bonchev–Trinajstić information content (AvgIpc) is 3.11. The van der Waals surface area contributed by atoms with Gasteiger partial charge >= 0.3 is 6.09 Å². The van der Waals surface area contributed by atoms with Gasteiger partial charge in [-0.1, -0.05) is 6.07 Å². The lowest BCUT2D eigenvalue weighted by Gasteiger charge is -2.65. The Kier molecular flexibility index (Phi) is 2.80. The van der Waals surface area contributed by atoms with Crippen molar-refractivity contribution in [2.75, 3.05) is 20.2 Å². The van der Waals surface area contributed by atoms with Crippen molar-refractivity contribution < 1.29 is 14.6 Å². The summed E-state index contributed by atoms with van der Waals surface area (Å²) in [6, 6.07) is 7.28. The van der Waals surface area contributed by atoms with E-state index in [2.05, 4.69) is 17.4 Å². The minimum Gasteiger partial charge on any atom is -0.497 e. The molecule has 0 aromatic heterocycles. The first-order valence-electron chi connectivity index (χ1n) is 10.0. The second kappa shape index (κ2) is 4.75. The third-order valence-corrected chi connectivity index (χ3v) is 8.79.